The molecule has 1 heterocycles. The van der Waals surface area contributed by atoms with Crippen LogP contribution in [-0.2, 0) is 17.6 Å². The molecule has 2 aromatic rings. The smallest absolute Gasteiger partial charge is 0.417 e. The van der Waals surface area contributed by atoms with Gasteiger partial charge in [-0.2, -0.15) is 13.2 Å². The Balaban J connectivity index is 1.53. The van der Waals surface area contributed by atoms with Gasteiger partial charge in [0.1, 0.15) is 5.75 Å². The van der Waals surface area contributed by atoms with E-state index in [4.69, 9.17) is 9.84 Å². The van der Waals surface area contributed by atoms with Crippen molar-refractivity contribution in [1.82, 2.24) is 4.90 Å². The predicted molar refractivity (Wildman–Crippen MR) is 100 cm³/mol. The molecule has 1 N–H and O–H groups in total. The maximum absolute atomic E-state index is 13.1. The molecule has 1 amide bonds. The van der Waals surface area contributed by atoms with Gasteiger partial charge in [0.2, 0.25) is 0 Å². The van der Waals surface area contributed by atoms with E-state index >= 15 is 0 Å². The van der Waals surface area contributed by atoms with Gasteiger partial charge in [0.15, 0.2) is 6.61 Å². The number of alkyl halides is 3. The van der Waals surface area contributed by atoms with Crippen LogP contribution in [0.2, 0.25) is 0 Å². The van der Waals surface area contributed by atoms with Crippen molar-refractivity contribution >= 4 is 17.7 Å². The van der Waals surface area contributed by atoms with E-state index in [1.165, 1.54) is 23.9 Å². The minimum Gasteiger partial charge on any atom is -0.484 e. The van der Waals surface area contributed by atoms with Crippen molar-refractivity contribution in [2.75, 3.05) is 19.7 Å². The number of thioether (sulfide) groups is 1. The van der Waals surface area contributed by atoms with Crippen molar-refractivity contribution in [2.24, 2.45) is 0 Å². The Hall–Kier alpha value is -2.19. The van der Waals surface area contributed by atoms with Crippen LogP contribution >= 0.6 is 11.8 Å². The van der Waals surface area contributed by atoms with Gasteiger partial charge in [-0.05, 0) is 36.2 Å². The molecule has 0 radical (unpaired) electrons. The lowest BCUT2D eigenvalue weighted by Gasteiger charge is -2.18. The van der Waals surface area contributed by atoms with Crippen LogP contribution in [-0.4, -0.2) is 40.9 Å². The molecule has 8 heteroatoms. The number of hydrogen-bond donors (Lipinski definition) is 1. The number of nitrogens with zero attached hydrogens (tertiary/aromatic N) is 1. The molecular weight excluding hydrogens is 391 g/mol. The molecule has 1 aliphatic heterocycles. The number of halogens is 3. The van der Waals surface area contributed by atoms with E-state index in [0.29, 0.717) is 25.3 Å². The van der Waals surface area contributed by atoms with Gasteiger partial charge in [-0.3, -0.25) is 4.79 Å². The number of likely N-dealkylation sites (tertiary alicyclic amines) is 1. The Morgan fingerprint density at radius 3 is 2.57 bits per heavy atom. The summed E-state index contributed by atoms with van der Waals surface area (Å²) in [5.41, 5.74) is 0.108. The molecule has 0 aliphatic carbocycles. The summed E-state index contributed by atoms with van der Waals surface area (Å²) < 4.78 is 44.9. The molecule has 3 rings (SSSR count). The van der Waals surface area contributed by atoms with Gasteiger partial charge < -0.3 is 14.7 Å². The van der Waals surface area contributed by atoms with E-state index < -0.39 is 11.7 Å². The number of carbonyl (C=O) groups is 1. The number of aliphatic hydroxyl groups excluding tert-OH is 1. The average Bonchev–Trinajstić information content (AvgIpc) is 3.14. The standard InChI is InChI=1S/C20H20F3NO3S/c21-20(22,23)17-3-1-2-4-18(17)28-16-9-10-24(11-16)19(26)13-27-15-7-5-14(12-25)6-8-15/h1-8,16,25H,9-13H2. The van der Waals surface area contributed by atoms with Crippen LogP contribution in [0.4, 0.5) is 13.2 Å². The van der Waals surface area contributed by atoms with Crippen LogP contribution in [0.5, 0.6) is 5.75 Å². The van der Waals surface area contributed by atoms with E-state index in [0.717, 1.165) is 11.6 Å². The second-order valence-corrected chi connectivity index (χ2v) is 7.80. The number of benzene rings is 2. The third kappa shape index (κ3) is 5.20. The van der Waals surface area contributed by atoms with Gasteiger partial charge in [-0.1, -0.05) is 24.3 Å². The van der Waals surface area contributed by atoms with Crippen molar-refractivity contribution < 1.29 is 27.8 Å². The zero-order chi connectivity index (χ0) is 20.1. The predicted octanol–water partition coefficient (Wildman–Crippen LogP) is 3.97. The molecule has 28 heavy (non-hydrogen) atoms. The van der Waals surface area contributed by atoms with Crippen LogP contribution in [0.1, 0.15) is 17.5 Å². The molecule has 1 fully saturated rings. The summed E-state index contributed by atoms with van der Waals surface area (Å²) >= 11 is 1.17. The fraction of sp³-hybridized carbons (Fsp3) is 0.350. The first-order valence-corrected chi connectivity index (χ1v) is 9.68. The van der Waals surface area contributed by atoms with Crippen molar-refractivity contribution in [3.05, 3.63) is 59.7 Å². The highest BCUT2D eigenvalue weighted by atomic mass is 32.2. The van der Waals surface area contributed by atoms with Crippen LogP contribution in [0.15, 0.2) is 53.4 Å². The van der Waals surface area contributed by atoms with Crippen molar-refractivity contribution in [3.63, 3.8) is 0 Å². The number of rotatable bonds is 6. The number of hydrogen-bond acceptors (Lipinski definition) is 4. The molecule has 4 nitrogen and oxygen atoms in total. The quantitative estimate of drug-likeness (QED) is 0.782. The van der Waals surface area contributed by atoms with Gasteiger partial charge >= 0.3 is 6.18 Å². The summed E-state index contributed by atoms with van der Waals surface area (Å²) in [6.07, 6.45) is -3.76. The van der Waals surface area contributed by atoms with Gasteiger partial charge in [0.25, 0.3) is 5.91 Å². The lowest BCUT2D eigenvalue weighted by Crippen LogP contribution is -2.33. The Morgan fingerprint density at radius 2 is 1.89 bits per heavy atom. The van der Waals surface area contributed by atoms with E-state index in [2.05, 4.69) is 0 Å². The molecule has 0 spiro atoms. The zero-order valence-electron chi connectivity index (χ0n) is 15.0. The summed E-state index contributed by atoms with van der Waals surface area (Å²) in [5, 5.41) is 8.93. The Kier molecular flexibility index (Phi) is 6.51. The molecule has 1 atom stereocenters. The minimum atomic E-state index is -4.39. The summed E-state index contributed by atoms with van der Waals surface area (Å²) in [7, 11) is 0. The van der Waals surface area contributed by atoms with Gasteiger partial charge in [0, 0.05) is 23.2 Å². The minimum absolute atomic E-state index is 0.0660. The first-order valence-electron chi connectivity index (χ1n) is 8.80. The topological polar surface area (TPSA) is 49.8 Å². The summed E-state index contributed by atoms with van der Waals surface area (Å²) in [6, 6.07) is 12.3. The van der Waals surface area contributed by atoms with E-state index in [1.807, 2.05) is 0 Å². The van der Waals surface area contributed by atoms with E-state index in [-0.39, 0.29) is 29.3 Å². The van der Waals surface area contributed by atoms with Crippen LogP contribution < -0.4 is 4.74 Å². The van der Waals surface area contributed by atoms with Crippen LogP contribution in [0, 0.1) is 0 Å². The maximum Gasteiger partial charge on any atom is 0.417 e. The number of carbonyl (C=O) groups excluding carboxylic acids is 1. The number of amides is 1. The molecule has 2 aromatic carbocycles. The van der Waals surface area contributed by atoms with Gasteiger partial charge in [-0.25, -0.2) is 0 Å². The normalized spacial score (nSPS) is 17.0. The molecule has 150 valence electrons. The summed E-state index contributed by atoms with van der Waals surface area (Å²) in [5.74, 6) is 0.327. The lowest BCUT2D eigenvalue weighted by molar-refractivity contribution is -0.139. The zero-order valence-corrected chi connectivity index (χ0v) is 15.8. The first kappa shape index (κ1) is 20.5. The Labute approximate surface area is 165 Å². The highest BCUT2D eigenvalue weighted by Crippen LogP contribution is 2.39. The molecule has 1 unspecified atom stereocenters. The molecular formula is C20H20F3NO3S. The second-order valence-electron chi connectivity index (χ2n) is 6.45. The highest BCUT2D eigenvalue weighted by Gasteiger charge is 2.35. The van der Waals surface area contributed by atoms with Crippen LogP contribution in [0.25, 0.3) is 0 Å². The summed E-state index contributed by atoms with van der Waals surface area (Å²) in [6.45, 7) is 0.693. The second kappa shape index (κ2) is 8.87. The highest BCUT2D eigenvalue weighted by molar-refractivity contribution is 8.00. The van der Waals surface area contributed by atoms with Crippen molar-refractivity contribution in [1.29, 1.82) is 0 Å². The van der Waals surface area contributed by atoms with Gasteiger partial charge in [0.05, 0.1) is 12.2 Å². The Morgan fingerprint density at radius 1 is 1.18 bits per heavy atom. The molecule has 1 aliphatic rings. The largest absolute Gasteiger partial charge is 0.484 e. The molecule has 0 saturated carbocycles. The van der Waals surface area contributed by atoms with Crippen molar-refractivity contribution in [3.8, 4) is 5.75 Å². The summed E-state index contributed by atoms with van der Waals surface area (Å²) in [4.78, 5) is 14.1. The number of ether oxygens (including phenoxy) is 1. The van der Waals surface area contributed by atoms with Crippen molar-refractivity contribution in [2.45, 2.75) is 29.3 Å². The average molecular weight is 411 g/mol. The lowest BCUT2D eigenvalue weighted by atomic mass is 10.2. The molecule has 0 bridgehead atoms. The molecule has 0 aromatic heterocycles. The SMILES string of the molecule is O=C(COc1ccc(CO)cc1)N1CCC(Sc2ccccc2C(F)(F)F)C1. The maximum atomic E-state index is 13.1. The van der Waals surface area contributed by atoms with E-state index in [9.17, 15) is 18.0 Å². The Bertz CT molecular complexity index is 811. The van der Waals surface area contributed by atoms with Crippen LogP contribution in [0.3, 0.4) is 0 Å². The fourth-order valence-electron chi connectivity index (χ4n) is 2.96. The monoisotopic (exact) mass is 411 g/mol. The third-order valence-corrected chi connectivity index (χ3v) is 5.78. The first-order chi connectivity index (χ1) is 13.4. The number of aliphatic hydroxyl groups is 1. The van der Waals surface area contributed by atoms with E-state index in [1.54, 1.807) is 35.2 Å². The van der Waals surface area contributed by atoms with Gasteiger partial charge in [-0.15, -0.1) is 11.8 Å². The third-order valence-electron chi connectivity index (χ3n) is 4.45. The molecule has 1 saturated heterocycles. The fourth-order valence-corrected chi connectivity index (χ4v) is 4.27.